The number of furan rings is 1. The van der Waals surface area contributed by atoms with Crippen LogP contribution in [0.2, 0.25) is 0 Å². The number of nitrogens with one attached hydrogen (secondary N) is 1. The Hall–Kier alpha value is -1.29. The van der Waals surface area contributed by atoms with Crippen molar-refractivity contribution in [1.29, 1.82) is 0 Å². The predicted molar refractivity (Wildman–Crippen MR) is 68.2 cm³/mol. The van der Waals surface area contributed by atoms with E-state index >= 15 is 0 Å². The van der Waals surface area contributed by atoms with Crippen molar-refractivity contribution in [2.45, 2.75) is 45.2 Å². The van der Waals surface area contributed by atoms with Gasteiger partial charge in [-0.15, -0.1) is 0 Å². The summed E-state index contributed by atoms with van der Waals surface area (Å²) in [6.45, 7) is 4.04. The fourth-order valence-electron chi connectivity index (χ4n) is 2.54. The third-order valence-corrected chi connectivity index (χ3v) is 3.55. The smallest absolute Gasteiger partial charge is 0.323 e. The molecule has 0 bridgehead atoms. The van der Waals surface area contributed by atoms with Crippen LogP contribution in [-0.4, -0.2) is 19.1 Å². The average Bonchev–Trinajstić information content (AvgIpc) is 2.83. The largest absolute Gasteiger partial charge is 0.469 e. The van der Waals surface area contributed by atoms with Crippen molar-refractivity contribution in [3.05, 3.63) is 23.7 Å². The van der Waals surface area contributed by atoms with Gasteiger partial charge in [-0.1, -0.05) is 13.8 Å². The van der Waals surface area contributed by atoms with E-state index in [2.05, 4.69) is 5.32 Å². The molecule has 1 N–H and O–H groups in total. The van der Waals surface area contributed by atoms with E-state index < -0.39 is 0 Å². The van der Waals surface area contributed by atoms with Crippen molar-refractivity contribution in [2.75, 3.05) is 7.11 Å². The average molecular weight is 251 g/mol. The van der Waals surface area contributed by atoms with Crippen LogP contribution in [0, 0.1) is 5.92 Å². The molecule has 2 rings (SSSR count). The van der Waals surface area contributed by atoms with Gasteiger partial charge in [-0.3, -0.25) is 10.1 Å². The fraction of sp³-hybridized carbons (Fsp3) is 0.643. The second-order valence-electron chi connectivity index (χ2n) is 5.16. The Bertz CT molecular complexity index is 411. The zero-order valence-electron chi connectivity index (χ0n) is 11.2. The number of hydrogen-bond acceptors (Lipinski definition) is 4. The first-order chi connectivity index (χ1) is 8.63. The summed E-state index contributed by atoms with van der Waals surface area (Å²) in [5.41, 5.74) is 1.19. The molecule has 1 aromatic rings. The lowest BCUT2D eigenvalue weighted by molar-refractivity contribution is -0.144. The van der Waals surface area contributed by atoms with E-state index in [1.807, 2.05) is 19.9 Å². The molecule has 0 saturated carbocycles. The van der Waals surface area contributed by atoms with Crippen LogP contribution in [0.4, 0.5) is 0 Å². The van der Waals surface area contributed by atoms with Crippen LogP contribution in [0.3, 0.4) is 0 Å². The van der Waals surface area contributed by atoms with Gasteiger partial charge in [0, 0.05) is 18.0 Å². The van der Waals surface area contributed by atoms with Gasteiger partial charge < -0.3 is 9.15 Å². The van der Waals surface area contributed by atoms with E-state index in [4.69, 9.17) is 9.15 Å². The zero-order chi connectivity index (χ0) is 13.1. The fourth-order valence-corrected chi connectivity index (χ4v) is 2.54. The number of rotatable bonds is 4. The van der Waals surface area contributed by atoms with Crippen LogP contribution in [-0.2, 0) is 16.0 Å². The summed E-state index contributed by atoms with van der Waals surface area (Å²) in [6.07, 6.45) is 4.84. The molecule has 0 saturated heterocycles. The summed E-state index contributed by atoms with van der Waals surface area (Å²) in [6, 6.07) is 1.93. The Morgan fingerprint density at radius 3 is 3.00 bits per heavy atom. The Balaban J connectivity index is 2.12. The van der Waals surface area contributed by atoms with Gasteiger partial charge in [0.1, 0.15) is 11.8 Å². The first-order valence-corrected chi connectivity index (χ1v) is 6.53. The summed E-state index contributed by atoms with van der Waals surface area (Å²) in [5, 5.41) is 3.41. The van der Waals surface area contributed by atoms with Gasteiger partial charge in [-0.05, 0) is 24.8 Å². The van der Waals surface area contributed by atoms with E-state index in [9.17, 15) is 4.79 Å². The van der Waals surface area contributed by atoms with Crippen molar-refractivity contribution in [2.24, 2.45) is 5.92 Å². The monoisotopic (exact) mass is 251 g/mol. The summed E-state index contributed by atoms with van der Waals surface area (Å²) < 4.78 is 10.3. The molecular weight excluding hydrogens is 230 g/mol. The molecule has 2 atom stereocenters. The van der Waals surface area contributed by atoms with Crippen LogP contribution in [0.15, 0.2) is 16.7 Å². The standard InChI is InChI=1S/C14H21NO3/c1-9(2)13(14(16)17-3)15-11-5-4-6-12-10(11)7-8-18-12/h7-9,11,13,15H,4-6H2,1-3H3. The van der Waals surface area contributed by atoms with Crippen LogP contribution in [0.1, 0.15) is 44.1 Å². The molecule has 1 aliphatic rings. The van der Waals surface area contributed by atoms with Gasteiger partial charge in [0.2, 0.25) is 0 Å². The highest BCUT2D eigenvalue weighted by atomic mass is 16.5. The molecule has 1 heterocycles. The van der Waals surface area contributed by atoms with Gasteiger partial charge in [0.25, 0.3) is 0 Å². The molecule has 0 amide bonds. The molecule has 0 radical (unpaired) electrons. The maximum Gasteiger partial charge on any atom is 0.323 e. The van der Waals surface area contributed by atoms with Crippen LogP contribution < -0.4 is 5.32 Å². The summed E-state index contributed by atoms with van der Waals surface area (Å²) in [5.74, 6) is 1.06. The maximum absolute atomic E-state index is 11.8. The molecule has 0 fully saturated rings. The first-order valence-electron chi connectivity index (χ1n) is 6.53. The van der Waals surface area contributed by atoms with E-state index in [0.29, 0.717) is 0 Å². The number of ether oxygens (including phenoxy) is 1. The van der Waals surface area contributed by atoms with Gasteiger partial charge in [-0.25, -0.2) is 0 Å². The SMILES string of the molecule is COC(=O)C(NC1CCCc2occc21)C(C)C. The van der Waals surface area contributed by atoms with E-state index in [1.165, 1.54) is 12.7 Å². The summed E-state index contributed by atoms with van der Waals surface area (Å²) in [7, 11) is 1.43. The molecule has 0 aliphatic heterocycles. The van der Waals surface area contributed by atoms with Crippen molar-refractivity contribution in [3.63, 3.8) is 0 Å². The second kappa shape index (κ2) is 5.57. The molecule has 18 heavy (non-hydrogen) atoms. The Kier molecular flexibility index (Phi) is 4.07. The highest BCUT2D eigenvalue weighted by molar-refractivity contribution is 5.76. The molecule has 1 aliphatic carbocycles. The molecular formula is C14H21NO3. The van der Waals surface area contributed by atoms with Crippen molar-refractivity contribution in [1.82, 2.24) is 5.32 Å². The van der Waals surface area contributed by atoms with Crippen LogP contribution in [0.25, 0.3) is 0 Å². The predicted octanol–water partition coefficient (Wildman–Crippen LogP) is 2.44. The lowest BCUT2D eigenvalue weighted by Crippen LogP contribution is -2.44. The minimum absolute atomic E-state index is 0.194. The molecule has 1 aromatic heterocycles. The highest BCUT2D eigenvalue weighted by Gasteiger charge is 2.29. The third kappa shape index (κ3) is 2.58. The quantitative estimate of drug-likeness (QED) is 0.835. The molecule has 0 spiro atoms. The topological polar surface area (TPSA) is 51.5 Å². The molecule has 100 valence electrons. The van der Waals surface area contributed by atoms with Crippen molar-refractivity contribution < 1.29 is 13.9 Å². The van der Waals surface area contributed by atoms with Crippen LogP contribution >= 0.6 is 0 Å². The highest BCUT2D eigenvalue weighted by Crippen LogP contribution is 2.31. The minimum atomic E-state index is -0.263. The number of carbonyl (C=O) groups excluding carboxylic acids is 1. The Labute approximate surface area is 108 Å². The Morgan fingerprint density at radius 1 is 1.56 bits per heavy atom. The van der Waals surface area contributed by atoms with E-state index in [1.54, 1.807) is 6.26 Å². The summed E-state index contributed by atoms with van der Waals surface area (Å²) >= 11 is 0. The van der Waals surface area contributed by atoms with Crippen molar-refractivity contribution >= 4 is 5.97 Å². The zero-order valence-corrected chi connectivity index (χ0v) is 11.2. The van der Waals surface area contributed by atoms with E-state index in [0.717, 1.165) is 25.0 Å². The number of hydrogen-bond donors (Lipinski definition) is 1. The van der Waals surface area contributed by atoms with Gasteiger partial charge in [0.05, 0.1) is 13.4 Å². The number of methoxy groups -OCH3 is 1. The lowest BCUT2D eigenvalue weighted by atomic mass is 9.91. The maximum atomic E-state index is 11.8. The van der Waals surface area contributed by atoms with E-state index in [-0.39, 0.29) is 24.0 Å². The molecule has 4 nitrogen and oxygen atoms in total. The van der Waals surface area contributed by atoms with Gasteiger partial charge in [-0.2, -0.15) is 0 Å². The summed E-state index contributed by atoms with van der Waals surface area (Å²) in [4.78, 5) is 11.8. The lowest BCUT2D eigenvalue weighted by Gasteiger charge is -2.28. The van der Waals surface area contributed by atoms with Crippen molar-refractivity contribution in [3.8, 4) is 0 Å². The minimum Gasteiger partial charge on any atom is -0.469 e. The van der Waals surface area contributed by atoms with Gasteiger partial charge >= 0.3 is 5.97 Å². The molecule has 0 aromatic carbocycles. The number of fused-ring (bicyclic) bond motifs is 1. The third-order valence-electron chi connectivity index (χ3n) is 3.55. The molecule has 2 unspecified atom stereocenters. The number of carbonyl (C=O) groups is 1. The van der Waals surface area contributed by atoms with Gasteiger partial charge in [0.15, 0.2) is 0 Å². The number of aryl methyl sites for hydroxylation is 1. The number of esters is 1. The second-order valence-corrected chi connectivity index (χ2v) is 5.16. The van der Waals surface area contributed by atoms with Crippen LogP contribution in [0.5, 0.6) is 0 Å². The Morgan fingerprint density at radius 2 is 2.33 bits per heavy atom. The normalized spacial score (nSPS) is 20.6. The first kappa shape index (κ1) is 13.1. The molecule has 4 heteroatoms.